The van der Waals surface area contributed by atoms with E-state index in [2.05, 4.69) is 34.9 Å². The van der Waals surface area contributed by atoms with E-state index in [-0.39, 0.29) is 47.8 Å². The number of rotatable bonds is 12. The van der Waals surface area contributed by atoms with Crippen molar-refractivity contribution in [2.75, 3.05) is 26.1 Å². The van der Waals surface area contributed by atoms with Crippen molar-refractivity contribution in [2.45, 2.75) is 44.8 Å². The second-order valence-electron chi connectivity index (χ2n) is 7.64. The number of methoxy groups -OCH3 is 3. The smallest absolute Gasteiger partial charge is 0.245 e. The Morgan fingerprint density at radius 3 is 2.14 bits per heavy atom. The van der Waals surface area contributed by atoms with Gasteiger partial charge >= 0.3 is 0 Å². The van der Waals surface area contributed by atoms with E-state index in [1.54, 1.807) is 0 Å². The highest BCUT2D eigenvalue weighted by Gasteiger charge is 2.35. The number of hydrogen-bond acceptors (Lipinski definition) is 12. The predicted octanol–water partition coefficient (Wildman–Crippen LogP) is 1.96. The molecule has 16 heteroatoms. The summed E-state index contributed by atoms with van der Waals surface area (Å²) < 4.78 is 52.5. The molecule has 3 heterocycles. The molecule has 196 valence electrons. The Hall–Kier alpha value is -3.14. The Morgan fingerprint density at radius 1 is 1.00 bits per heavy atom. The van der Waals surface area contributed by atoms with Gasteiger partial charge in [0.25, 0.3) is 0 Å². The quantitative estimate of drug-likeness (QED) is 0.354. The average molecular weight is 543 g/mol. The standard InChI is InChI=1S/C20H27ClN8O6S/c1-11(2)35-9-14-26-27-20(29(14)15-18(33-5)24-10-25-19(15)34-6)28-36(30,31)12(3)16(32-4)17-22-7-13(21)8-23-17/h7-8,10-12,16H,9H2,1-6H3,(H,27,28)/t12-,16-/m0/s1. The van der Waals surface area contributed by atoms with Crippen LogP contribution in [0.3, 0.4) is 0 Å². The molecule has 3 rings (SSSR count). The minimum atomic E-state index is -4.15. The SMILES string of the molecule is COc1ncnc(OC)c1-n1c(COC(C)C)nnc1NS(=O)(=O)[C@@H](C)[C@H](OC)c1ncc(Cl)cn1. The summed E-state index contributed by atoms with van der Waals surface area (Å²) >= 11 is 5.85. The highest BCUT2D eigenvalue weighted by molar-refractivity contribution is 7.93. The summed E-state index contributed by atoms with van der Waals surface area (Å²) in [6, 6.07) is 0. The second-order valence-corrected chi connectivity index (χ2v) is 10.1. The fourth-order valence-electron chi connectivity index (χ4n) is 3.15. The zero-order chi connectivity index (χ0) is 26.5. The third kappa shape index (κ3) is 5.98. The van der Waals surface area contributed by atoms with Crippen molar-refractivity contribution in [1.29, 1.82) is 0 Å². The van der Waals surface area contributed by atoms with Gasteiger partial charge in [0.1, 0.15) is 24.3 Å². The highest BCUT2D eigenvalue weighted by Crippen LogP contribution is 2.33. The lowest BCUT2D eigenvalue weighted by molar-refractivity contribution is 0.0603. The zero-order valence-corrected chi connectivity index (χ0v) is 22.1. The summed E-state index contributed by atoms with van der Waals surface area (Å²) in [4.78, 5) is 16.4. The maximum Gasteiger partial charge on any atom is 0.245 e. The molecule has 0 saturated carbocycles. The molecule has 0 bridgehead atoms. The molecule has 0 unspecified atom stereocenters. The highest BCUT2D eigenvalue weighted by atomic mass is 35.5. The van der Waals surface area contributed by atoms with E-state index >= 15 is 0 Å². The van der Waals surface area contributed by atoms with Gasteiger partial charge in [-0.15, -0.1) is 10.2 Å². The minimum absolute atomic E-state index is 0.00244. The minimum Gasteiger partial charge on any atom is -0.479 e. The Bertz CT molecular complexity index is 1250. The molecule has 0 aromatic carbocycles. The first-order valence-corrected chi connectivity index (χ1v) is 12.6. The van der Waals surface area contributed by atoms with Gasteiger partial charge in [-0.2, -0.15) is 9.97 Å². The van der Waals surface area contributed by atoms with E-state index in [0.717, 1.165) is 0 Å². The molecule has 14 nitrogen and oxygen atoms in total. The molecule has 0 fully saturated rings. The molecule has 1 N–H and O–H groups in total. The van der Waals surface area contributed by atoms with Gasteiger partial charge in [0, 0.05) is 19.5 Å². The maximum absolute atomic E-state index is 13.4. The van der Waals surface area contributed by atoms with E-state index in [1.165, 1.54) is 51.5 Å². The van der Waals surface area contributed by atoms with Crippen LogP contribution in [0.1, 0.15) is 38.5 Å². The summed E-state index contributed by atoms with van der Waals surface area (Å²) in [5.41, 5.74) is 0.185. The van der Waals surface area contributed by atoms with E-state index in [1.807, 2.05) is 13.8 Å². The van der Waals surface area contributed by atoms with Crippen LogP contribution in [0, 0.1) is 0 Å². The Labute approximate surface area is 213 Å². The molecule has 0 amide bonds. The molecular formula is C20H27ClN8O6S. The molecule has 2 atom stereocenters. The van der Waals surface area contributed by atoms with Crippen LogP contribution < -0.4 is 14.2 Å². The van der Waals surface area contributed by atoms with Crippen molar-refractivity contribution in [3.05, 3.63) is 35.4 Å². The van der Waals surface area contributed by atoms with Gasteiger partial charge in [-0.1, -0.05) is 11.6 Å². The van der Waals surface area contributed by atoms with E-state index < -0.39 is 21.4 Å². The Balaban J connectivity index is 2.06. The molecule has 0 aliphatic heterocycles. The lowest BCUT2D eigenvalue weighted by atomic mass is 10.2. The normalized spacial score (nSPS) is 13.4. The number of aromatic nitrogens is 7. The van der Waals surface area contributed by atoms with Gasteiger partial charge in [-0.05, 0) is 20.8 Å². The molecule has 0 aliphatic rings. The van der Waals surface area contributed by atoms with Crippen molar-refractivity contribution in [3.8, 4) is 17.4 Å². The fourth-order valence-corrected chi connectivity index (χ4v) is 4.38. The third-order valence-corrected chi connectivity index (χ3v) is 6.83. The van der Waals surface area contributed by atoms with Gasteiger partial charge in [0.2, 0.25) is 27.7 Å². The molecule has 3 aromatic heterocycles. The molecule has 0 saturated heterocycles. The number of nitrogens with zero attached hydrogens (tertiary/aromatic N) is 7. The van der Waals surface area contributed by atoms with Crippen molar-refractivity contribution < 1.29 is 27.4 Å². The molecular weight excluding hydrogens is 516 g/mol. The summed E-state index contributed by atoms with van der Waals surface area (Å²) in [7, 11) is 0.0194. The molecule has 0 radical (unpaired) electrons. The van der Waals surface area contributed by atoms with Crippen LogP contribution in [0.25, 0.3) is 5.69 Å². The molecule has 0 aliphatic carbocycles. The molecule has 3 aromatic rings. The van der Waals surface area contributed by atoms with Crippen LogP contribution in [0.2, 0.25) is 5.02 Å². The monoisotopic (exact) mass is 542 g/mol. The van der Waals surface area contributed by atoms with Crippen LogP contribution >= 0.6 is 11.6 Å². The zero-order valence-electron chi connectivity index (χ0n) is 20.5. The first kappa shape index (κ1) is 27.4. The average Bonchev–Trinajstić information content (AvgIpc) is 3.24. The molecule has 36 heavy (non-hydrogen) atoms. The van der Waals surface area contributed by atoms with Crippen LogP contribution in [-0.4, -0.2) is 75.8 Å². The van der Waals surface area contributed by atoms with Crippen LogP contribution in [-0.2, 0) is 26.1 Å². The summed E-state index contributed by atoms with van der Waals surface area (Å²) in [5.74, 6) is 0.440. The number of hydrogen-bond donors (Lipinski definition) is 1. The van der Waals surface area contributed by atoms with Gasteiger partial charge in [0.15, 0.2) is 17.3 Å². The van der Waals surface area contributed by atoms with Crippen LogP contribution in [0.4, 0.5) is 5.95 Å². The van der Waals surface area contributed by atoms with Crippen molar-refractivity contribution in [3.63, 3.8) is 0 Å². The van der Waals surface area contributed by atoms with Gasteiger partial charge < -0.3 is 18.9 Å². The Kier molecular flexibility index (Phi) is 8.94. The first-order chi connectivity index (χ1) is 17.1. The largest absolute Gasteiger partial charge is 0.479 e. The van der Waals surface area contributed by atoms with Crippen LogP contribution in [0.5, 0.6) is 11.8 Å². The lowest BCUT2D eigenvalue weighted by Crippen LogP contribution is -2.33. The number of nitrogens with one attached hydrogen (secondary N) is 1. The van der Waals surface area contributed by atoms with E-state index in [4.69, 9.17) is 30.5 Å². The van der Waals surface area contributed by atoms with E-state index in [0.29, 0.717) is 5.02 Å². The van der Waals surface area contributed by atoms with E-state index in [9.17, 15) is 8.42 Å². The summed E-state index contributed by atoms with van der Waals surface area (Å²) in [5, 5.41) is 7.31. The predicted molar refractivity (Wildman–Crippen MR) is 129 cm³/mol. The molecule has 0 spiro atoms. The Morgan fingerprint density at radius 2 is 1.61 bits per heavy atom. The number of anilines is 1. The van der Waals surface area contributed by atoms with Gasteiger partial charge in [-0.3, -0.25) is 9.29 Å². The maximum atomic E-state index is 13.4. The van der Waals surface area contributed by atoms with Gasteiger partial charge in [-0.25, -0.2) is 18.4 Å². The fraction of sp³-hybridized carbons (Fsp3) is 0.500. The van der Waals surface area contributed by atoms with Crippen molar-refractivity contribution in [1.82, 2.24) is 34.7 Å². The van der Waals surface area contributed by atoms with Crippen LogP contribution in [0.15, 0.2) is 18.7 Å². The topological polar surface area (TPSA) is 165 Å². The third-order valence-electron chi connectivity index (χ3n) is 4.94. The van der Waals surface area contributed by atoms with Crippen molar-refractivity contribution in [2.24, 2.45) is 0 Å². The number of sulfonamides is 1. The summed E-state index contributed by atoms with van der Waals surface area (Å²) in [6.45, 7) is 5.15. The number of halogens is 1. The second kappa shape index (κ2) is 11.7. The van der Waals surface area contributed by atoms with Gasteiger partial charge in [0.05, 0.1) is 25.3 Å². The summed E-state index contributed by atoms with van der Waals surface area (Å²) in [6.07, 6.45) is 2.82. The number of ether oxygens (including phenoxy) is 4. The lowest BCUT2D eigenvalue weighted by Gasteiger charge is -2.22. The first-order valence-electron chi connectivity index (χ1n) is 10.6. The van der Waals surface area contributed by atoms with Crippen molar-refractivity contribution >= 4 is 27.6 Å².